The van der Waals surface area contributed by atoms with Crippen molar-refractivity contribution >= 4 is 22.8 Å². The first-order chi connectivity index (χ1) is 13.7. The molecule has 0 atom stereocenters. The molecular formula is C21H26N4O3. The van der Waals surface area contributed by atoms with E-state index in [1.807, 2.05) is 18.2 Å². The van der Waals surface area contributed by atoms with Gasteiger partial charge in [-0.25, -0.2) is 14.5 Å². The fourth-order valence-electron chi connectivity index (χ4n) is 3.79. The van der Waals surface area contributed by atoms with Gasteiger partial charge >= 0.3 is 12.1 Å². The number of carbonyl (C=O) groups excluding carboxylic acids is 2. The summed E-state index contributed by atoms with van der Waals surface area (Å²) < 4.78 is 5.41. The van der Waals surface area contributed by atoms with Gasteiger partial charge in [-0.15, -0.1) is 0 Å². The van der Waals surface area contributed by atoms with Crippen LogP contribution in [0.2, 0.25) is 0 Å². The maximum atomic E-state index is 13.1. The average molecular weight is 382 g/mol. The second kappa shape index (κ2) is 8.58. The minimum absolute atomic E-state index is 0.226. The van der Waals surface area contributed by atoms with Crippen molar-refractivity contribution in [2.45, 2.75) is 6.54 Å². The molecule has 4 rings (SSSR count). The third-order valence-corrected chi connectivity index (χ3v) is 5.39. The molecule has 2 heterocycles. The average Bonchev–Trinajstić information content (AvgIpc) is 3.17. The molecular weight excluding hydrogens is 356 g/mol. The van der Waals surface area contributed by atoms with Crippen LogP contribution in [-0.4, -0.2) is 79.2 Å². The van der Waals surface area contributed by atoms with Crippen LogP contribution in [0.25, 0.3) is 10.8 Å². The number of morpholine rings is 1. The number of nitrogens with zero attached hydrogens (tertiary/aromatic N) is 3. The molecule has 0 bridgehead atoms. The summed E-state index contributed by atoms with van der Waals surface area (Å²) in [6.45, 7) is 5.96. The van der Waals surface area contributed by atoms with Crippen LogP contribution in [0.3, 0.4) is 0 Å². The number of amides is 4. The summed E-state index contributed by atoms with van der Waals surface area (Å²) in [5, 5.41) is 5.01. The monoisotopic (exact) mass is 382 g/mol. The Hall–Kier alpha value is -2.64. The molecule has 2 saturated heterocycles. The van der Waals surface area contributed by atoms with E-state index in [0.29, 0.717) is 26.2 Å². The molecule has 1 N–H and O–H groups in total. The Morgan fingerprint density at radius 1 is 1.07 bits per heavy atom. The number of nitrogens with one attached hydrogen (secondary N) is 1. The van der Waals surface area contributed by atoms with Crippen LogP contribution >= 0.6 is 0 Å². The van der Waals surface area contributed by atoms with E-state index in [2.05, 4.69) is 34.5 Å². The Kier molecular flexibility index (Phi) is 5.73. The lowest BCUT2D eigenvalue weighted by Gasteiger charge is -2.31. The molecule has 28 heavy (non-hydrogen) atoms. The van der Waals surface area contributed by atoms with Crippen LogP contribution < -0.4 is 5.32 Å². The highest BCUT2D eigenvalue weighted by Crippen LogP contribution is 2.21. The maximum Gasteiger partial charge on any atom is 0.328 e. The van der Waals surface area contributed by atoms with Crippen molar-refractivity contribution in [1.82, 2.24) is 20.0 Å². The lowest BCUT2D eigenvalue weighted by molar-refractivity contribution is 0.0341. The topological polar surface area (TPSA) is 65.1 Å². The van der Waals surface area contributed by atoms with E-state index in [9.17, 15) is 9.59 Å². The number of benzene rings is 2. The van der Waals surface area contributed by atoms with Crippen molar-refractivity contribution in [2.75, 3.05) is 52.5 Å². The normalized spacial score (nSPS) is 17.7. The van der Waals surface area contributed by atoms with Crippen molar-refractivity contribution in [1.29, 1.82) is 0 Å². The van der Waals surface area contributed by atoms with Crippen LogP contribution in [0.15, 0.2) is 42.5 Å². The van der Waals surface area contributed by atoms with E-state index in [1.165, 1.54) is 4.90 Å². The van der Waals surface area contributed by atoms with Gasteiger partial charge in [0, 0.05) is 45.8 Å². The zero-order chi connectivity index (χ0) is 19.3. The van der Waals surface area contributed by atoms with Crippen molar-refractivity contribution < 1.29 is 14.3 Å². The Labute approximate surface area is 164 Å². The van der Waals surface area contributed by atoms with Gasteiger partial charge in [0.1, 0.15) is 0 Å². The molecule has 7 nitrogen and oxygen atoms in total. The molecule has 2 fully saturated rings. The molecule has 0 radical (unpaired) electrons. The van der Waals surface area contributed by atoms with E-state index >= 15 is 0 Å². The lowest BCUT2D eigenvalue weighted by Crippen LogP contribution is -2.48. The molecule has 2 aliphatic rings. The lowest BCUT2D eigenvalue weighted by atomic mass is 10.0. The number of urea groups is 2. The molecule has 148 valence electrons. The number of hydrogen-bond acceptors (Lipinski definition) is 4. The largest absolute Gasteiger partial charge is 0.379 e. The van der Waals surface area contributed by atoms with Gasteiger partial charge in [0.05, 0.1) is 13.2 Å². The summed E-state index contributed by atoms with van der Waals surface area (Å²) in [7, 11) is 0. The first kappa shape index (κ1) is 18.7. The van der Waals surface area contributed by atoms with Crippen LogP contribution in [-0.2, 0) is 11.3 Å². The zero-order valence-corrected chi connectivity index (χ0v) is 16.0. The fraction of sp³-hybridized carbons (Fsp3) is 0.429. The summed E-state index contributed by atoms with van der Waals surface area (Å²) in [6, 6.07) is 13.8. The summed E-state index contributed by atoms with van der Waals surface area (Å²) >= 11 is 0. The van der Waals surface area contributed by atoms with Gasteiger partial charge in [0.25, 0.3) is 0 Å². The van der Waals surface area contributed by atoms with Crippen LogP contribution in [0.5, 0.6) is 0 Å². The second-order valence-corrected chi connectivity index (χ2v) is 7.18. The molecule has 4 amide bonds. The predicted molar refractivity (Wildman–Crippen MR) is 107 cm³/mol. The third kappa shape index (κ3) is 4.10. The van der Waals surface area contributed by atoms with Crippen LogP contribution in [0.4, 0.5) is 9.59 Å². The maximum absolute atomic E-state index is 13.1. The van der Waals surface area contributed by atoms with Crippen molar-refractivity contribution in [3.63, 3.8) is 0 Å². The molecule has 2 aliphatic heterocycles. The van der Waals surface area contributed by atoms with E-state index in [1.54, 1.807) is 4.90 Å². The van der Waals surface area contributed by atoms with Gasteiger partial charge in [0.2, 0.25) is 0 Å². The molecule has 0 spiro atoms. The number of fused-ring (bicyclic) bond motifs is 1. The molecule has 0 unspecified atom stereocenters. The standard InChI is InChI=1S/C21H26N4O3/c26-20-22-8-9-25(20)21(27)24(11-10-23-12-14-28-15-13-23)16-18-6-3-5-17-4-1-2-7-19(17)18/h1-7H,8-16H2,(H,22,26). The SMILES string of the molecule is O=C1NCCN1C(=O)N(CCN1CCOCC1)Cc1cccc2ccccc12. The van der Waals surface area contributed by atoms with E-state index in [4.69, 9.17) is 4.74 Å². The highest BCUT2D eigenvalue weighted by atomic mass is 16.5. The van der Waals surface area contributed by atoms with E-state index in [-0.39, 0.29) is 12.1 Å². The number of carbonyl (C=O) groups is 2. The van der Waals surface area contributed by atoms with Gasteiger partial charge in [-0.2, -0.15) is 0 Å². The van der Waals surface area contributed by atoms with E-state index in [0.717, 1.165) is 49.2 Å². The minimum Gasteiger partial charge on any atom is -0.379 e. The molecule has 0 aromatic heterocycles. The molecule has 0 saturated carbocycles. The molecule has 7 heteroatoms. The van der Waals surface area contributed by atoms with Gasteiger partial charge in [-0.05, 0) is 16.3 Å². The first-order valence-corrected chi connectivity index (χ1v) is 9.83. The van der Waals surface area contributed by atoms with E-state index < -0.39 is 0 Å². The predicted octanol–water partition coefficient (Wildman–Crippen LogP) is 2.12. The first-order valence-electron chi connectivity index (χ1n) is 9.83. The Morgan fingerprint density at radius 2 is 1.86 bits per heavy atom. The summed E-state index contributed by atoms with van der Waals surface area (Å²) in [5.41, 5.74) is 1.09. The van der Waals surface area contributed by atoms with Crippen LogP contribution in [0.1, 0.15) is 5.56 Å². The summed E-state index contributed by atoms with van der Waals surface area (Å²) in [6.07, 6.45) is 0. The van der Waals surface area contributed by atoms with Crippen molar-refractivity contribution in [2.24, 2.45) is 0 Å². The zero-order valence-electron chi connectivity index (χ0n) is 16.0. The number of ether oxygens (including phenoxy) is 1. The molecule has 0 aliphatic carbocycles. The molecule has 2 aromatic carbocycles. The van der Waals surface area contributed by atoms with Gasteiger partial charge in [-0.3, -0.25) is 4.90 Å². The highest BCUT2D eigenvalue weighted by molar-refractivity contribution is 5.95. The molecule has 2 aromatic rings. The van der Waals surface area contributed by atoms with Gasteiger partial charge in [-0.1, -0.05) is 42.5 Å². The minimum atomic E-state index is -0.306. The fourth-order valence-corrected chi connectivity index (χ4v) is 3.79. The summed E-state index contributed by atoms with van der Waals surface area (Å²) in [4.78, 5) is 30.6. The number of hydrogen-bond donors (Lipinski definition) is 1. The Bertz CT molecular complexity index is 845. The van der Waals surface area contributed by atoms with Gasteiger partial charge in [0.15, 0.2) is 0 Å². The van der Waals surface area contributed by atoms with Crippen molar-refractivity contribution in [3.8, 4) is 0 Å². The second-order valence-electron chi connectivity index (χ2n) is 7.18. The Morgan fingerprint density at radius 3 is 2.64 bits per heavy atom. The third-order valence-electron chi connectivity index (χ3n) is 5.39. The quantitative estimate of drug-likeness (QED) is 0.860. The number of imide groups is 1. The highest BCUT2D eigenvalue weighted by Gasteiger charge is 2.30. The smallest absolute Gasteiger partial charge is 0.328 e. The number of rotatable bonds is 5. The Balaban J connectivity index is 1.54. The van der Waals surface area contributed by atoms with Gasteiger partial charge < -0.3 is 15.0 Å². The summed E-state index contributed by atoms with van der Waals surface area (Å²) in [5.74, 6) is 0. The van der Waals surface area contributed by atoms with Crippen molar-refractivity contribution in [3.05, 3.63) is 48.0 Å². The van der Waals surface area contributed by atoms with Crippen LogP contribution in [0, 0.1) is 0 Å².